The Kier molecular flexibility index (Phi) is 7.06. The lowest BCUT2D eigenvalue weighted by atomic mass is 10.2. The fourth-order valence-corrected chi connectivity index (χ4v) is 3.80. The number of hydrogen-bond acceptors (Lipinski definition) is 5. The van der Waals surface area contributed by atoms with Crippen molar-refractivity contribution < 1.29 is 17.9 Å². The molecule has 1 amide bonds. The van der Waals surface area contributed by atoms with Crippen molar-refractivity contribution in [2.24, 2.45) is 0 Å². The molecule has 1 aromatic carbocycles. The molecule has 1 aromatic rings. The summed E-state index contributed by atoms with van der Waals surface area (Å²) < 4.78 is 33.3. The quantitative estimate of drug-likeness (QED) is 0.748. The molecular formula is C17H26BrN3O4S. The summed E-state index contributed by atoms with van der Waals surface area (Å²) in [6.07, 6.45) is -0.298. The molecule has 0 aromatic heterocycles. The molecule has 146 valence electrons. The van der Waals surface area contributed by atoms with Gasteiger partial charge in [-0.1, -0.05) is 15.9 Å². The lowest BCUT2D eigenvalue weighted by molar-refractivity contribution is 0.0147. The normalized spacial score (nSPS) is 16.5. The fraction of sp³-hybridized carbons (Fsp3) is 0.588. The Morgan fingerprint density at radius 3 is 2.27 bits per heavy atom. The number of sulfonamides is 1. The Morgan fingerprint density at radius 2 is 1.73 bits per heavy atom. The van der Waals surface area contributed by atoms with E-state index in [1.807, 2.05) is 20.8 Å². The molecule has 1 saturated heterocycles. The number of halogens is 1. The van der Waals surface area contributed by atoms with Crippen molar-refractivity contribution >= 4 is 32.0 Å². The zero-order chi connectivity index (χ0) is 19.4. The number of nitrogens with one attached hydrogen (secondary N) is 1. The van der Waals surface area contributed by atoms with E-state index in [1.54, 1.807) is 29.2 Å². The highest BCUT2D eigenvalue weighted by Crippen LogP contribution is 2.14. The molecule has 1 heterocycles. The van der Waals surface area contributed by atoms with E-state index in [0.717, 1.165) is 4.47 Å². The first-order valence-electron chi connectivity index (χ1n) is 8.52. The largest absolute Gasteiger partial charge is 0.444 e. The van der Waals surface area contributed by atoms with Gasteiger partial charge in [0.1, 0.15) is 5.60 Å². The second kappa shape index (κ2) is 8.69. The third-order valence-corrected chi connectivity index (χ3v) is 5.87. The molecule has 1 aliphatic rings. The summed E-state index contributed by atoms with van der Waals surface area (Å²) in [4.78, 5) is 16.1. The van der Waals surface area contributed by atoms with Crippen molar-refractivity contribution in [1.82, 2.24) is 14.5 Å². The third-order valence-electron chi connectivity index (χ3n) is 3.87. The van der Waals surface area contributed by atoms with Gasteiger partial charge in [-0.05, 0) is 45.0 Å². The van der Waals surface area contributed by atoms with E-state index in [2.05, 4.69) is 25.6 Å². The van der Waals surface area contributed by atoms with Crippen LogP contribution in [0.3, 0.4) is 0 Å². The maximum absolute atomic E-state index is 12.2. The van der Waals surface area contributed by atoms with Crippen LogP contribution in [0.1, 0.15) is 20.8 Å². The van der Waals surface area contributed by atoms with Gasteiger partial charge in [-0.15, -0.1) is 0 Å². The molecule has 9 heteroatoms. The van der Waals surface area contributed by atoms with E-state index in [0.29, 0.717) is 39.3 Å². The van der Waals surface area contributed by atoms with Gasteiger partial charge in [-0.2, -0.15) is 0 Å². The van der Waals surface area contributed by atoms with Crippen LogP contribution in [0.25, 0.3) is 0 Å². The molecule has 1 fully saturated rings. The smallest absolute Gasteiger partial charge is 0.410 e. The Hall–Kier alpha value is -1.16. The number of carbonyl (C=O) groups excluding carboxylic acids is 1. The first kappa shape index (κ1) is 21.1. The predicted molar refractivity (Wildman–Crippen MR) is 104 cm³/mol. The molecule has 1 aliphatic heterocycles. The van der Waals surface area contributed by atoms with E-state index in [4.69, 9.17) is 4.74 Å². The van der Waals surface area contributed by atoms with Crippen molar-refractivity contribution in [2.45, 2.75) is 31.3 Å². The van der Waals surface area contributed by atoms with Crippen LogP contribution in [-0.4, -0.2) is 69.2 Å². The van der Waals surface area contributed by atoms with Crippen molar-refractivity contribution in [2.75, 3.05) is 39.3 Å². The summed E-state index contributed by atoms with van der Waals surface area (Å²) >= 11 is 3.29. The summed E-state index contributed by atoms with van der Waals surface area (Å²) in [5.74, 6) is 0. The van der Waals surface area contributed by atoms with Gasteiger partial charge in [0.05, 0.1) is 4.90 Å². The van der Waals surface area contributed by atoms with E-state index < -0.39 is 15.6 Å². The molecule has 0 atom stereocenters. The number of ether oxygens (including phenoxy) is 1. The summed E-state index contributed by atoms with van der Waals surface area (Å²) in [6, 6.07) is 6.52. The highest BCUT2D eigenvalue weighted by atomic mass is 79.9. The van der Waals surface area contributed by atoms with Crippen LogP contribution in [-0.2, 0) is 14.8 Å². The number of nitrogens with zero attached hydrogens (tertiary/aromatic N) is 2. The molecule has 0 aliphatic carbocycles. The van der Waals surface area contributed by atoms with Crippen LogP contribution in [0, 0.1) is 0 Å². The Bertz CT molecular complexity index is 709. The van der Waals surface area contributed by atoms with Crippen molar-refractivity contribution in [1.29, 1.82) is 0 Å². The van der Waals surface area contributed by atoms with Crippen LogP contribution in [0.4, 0.5) is 4.79 Å². The topological polar surface area (TPSA) is 79.0 Å². The molecule has 0 bridgehead atoms. The Labute approximate surface area is 163 Å². The van der Waals surface area contributed by atoms with E-state index >= 15 is 0 Å². The second-order valence-electron chi connectivity index (χ2n) is 7.16. The second-order valence-corrected chi connectivity index (χ2v) is 9.84. The number of rotatable bonds is 5. The fourth-order valence-electron chi connectivity index (χ4n) is 2.52. The number of amides is 1. The van der Waals surface area contributed by atoms with Gasteiger partial charge in [-0.3, -0.25) is 4.90 Å². The van der Waals surface area contributed by atoms with Crippen LogP contribution < -0.4 is 4.72 Å². The molecule has 0 spiro atoms. The Balaban J connectivity index is 1.75. The summed E-state index contributed by atoms with van der Waals surface area (Å²) in [6.45, 7) is 9.00. The minimum Gasteiger partial charge on any atom is -0.444 e. The number of hydrogen-bond donors (Lipinski definition) is 1. The average molecular weight is 448 g/mol. The summed E-state index contributed by atoms with van der Waals surface area (Å²) in [7, 11) is -3.50. The van der Waals surface area contributed by atoms with E-state index in [9.17, 15) is 13.2 Å². The van der Waals surface area contributed by atoms with Crippen LogP contribution >= 0.6 is 15.9 Å². The highest BCUT2D eigenvalue weighted by Gasteiger charge is 2.25. The molecule has 7 nitrogen and oxygen atoms in total. The average Bonchev–Trinajstić information content (AvgIpc) is 2.54. The maximum atomic E-state index is 12.2. The number of carbonyl (C=O) groups is 1. The number of benzene rings is 1. The van der Waals surface area contributed by atoms with Crippen molar-refractivity contribution in [3.63, 3.8) is 0 Å². The van der Waals surface area contributed by atoms with Crippen LogP contribution in [0.2, 0.25) is 0 Å². The van der Waals surface area contributed by atoms with Gasteiger partial charge >= 0.3 is 6.09 Å². The molecule has 0 saturated carbocycles. The first-order chi connectivity index (χ1) is 12.1. The zero-order valence-corrected chi connectivity index (χ0v) is 17.8. The lowest BCUT2D eigenvalue weighted by Crippen LogP contribution is -2.51. The molecule has 1 N–H and O–H groups in total. The van der Waals surface area contributed by atoms with E-state index in [1.165, 1.54) is 0 Å². The van der Waals surface area contributed by atoms with Crippen molar-refractivity contribution in [3.05, 3.63) is 28.7 Å². The first-order valence-corrected chi connectivity index (χ1v) is 10.8. The van der Waals surface area contributed by atoms with Gasteiger partial charge in [0.15, 0.2) is 0 Å². The minimum absolute atomic E-state index is 0.246. The Morgan fingerprint density at radius 1 is 1.15 bits per heavy atom. The molecule has 0 radical (unpaired) electrons. The molecule has 26 heavy (non-hydrogen) atoms. The minimum atomic E-state index is -3.50. The SMILES string of the molecule is CC(C)(C)OC(=O)N1CCN(CCNS(=O)(=O)c2ccc(Br)cc2)CC1. The highest BCUT2D eigenvalue weighted by molar-refractivity contribution is 9.10. The summed E-state index contributed by atoms with van der Waals surface area (Å²) in [5.41, 5.74) is -0.500. The van der Waals surface area contributed by atoms with Crippen molar-refractivity contribution in [3.8, 4) is 0 Å². The number of piperazine rings is 1. The van der Waals surface area contributed by atoms with E-state index in [-0.39, 0.29) is 11.0 Å². The van der Waals surface area contributed by atoms with Crippen LogP contribution in [0.5, 0.6) is 0 Å². The molecule has 0 unspecified atom stereocenters. The zero-order valence-electron chi connectivity index (χ0n) is 15.4. The van der Waals surface area contributed by atoms with Gasteiger partial charge < -0.3 is 9.64 Å². The van der Waals surface area contributed by atoms with Gasteiger partial charge in [0.25, 0.3) is 0 Å². The lowest BCUT2D eigenvalue weighted by Gasteiger charge is -2.35. The standard InChI is InChI=1S/C17H26BrN3O4S/c1-17(2,3)25-16(22)21-12-10-20(11-13-21)9-8-19-26(23,24)15-6-4-14(18)5-7-15/h4-7,19H,8-13H2,1-3H3. The third kappa shape index (κ3) is 6.53. The summed E-state index contributed by atoms with van der Waals surface area (Å²) in [5, 5.41) is 0. The molecular weight excluding hydrogens is 422 g/mol. The van der Waals surface area contributed by atoms with Gasteiger partial charge in [0.2, 0.25) is 10.0 Å². The van der Waals surface area contributed by atoms with Crippen LogP contribution in [0.15, 0.2) is 33.6 Å². The molecule has 2 rings (SSSR count). The van der Waals surface area contributed by atoms with Gasteiger partial charge in [0, 0.05) is 43.7 Å². The van der Waals surface area contributed by atoms with Gasteiger partial charge in [-0.25, -0.2) is 17.9 Å². The predicted octanol–water partition coefficient (Wildman–Crippen LogP) is 2.28. The maximum Gasteiger partial charge on any atom is 0.410 e. The monoisotopic (exact) mass is 447 g/mol.